The summed E-state index contributed by atoms with van der Waals surface area (Å²) in [6.07, 6.45) is 0.810. The van der Waals surface area contributed by atoms with Crippen molar-refractivity contribution < 1.29 is 9.59 Å². The summed E-state index contributed by atoms with van der Waals surface area (Å²) < 4.78 is 2.16. The van der Waals surface area contributed by atoms with Crippen LogP contribution in [0.2, 0.25) is 5.02 Å². The van der Waals surface area contributed by atoms with Crippen LogP contribution in [0.4, 0.5) is 0 Å². The summed E-state index contributed by atoms with van der Waals surface area (Å²) in [5, 5.41) is 4.82. The summed E-state index contributed by atoms with van der Waals surface area (Å²) in [6, 6.07) is 22.7. The Bertz CT molecular complexity index is 1240. The van der Waals surface area contributed by atoms with E-state index in [4.69, 9.17) is 11.6 Å². The molecule has 0 aliphatic rings. The van der Waals surface area contributed by atoms with Gasteiger partial charge in [0.1, 0.15) is 6.29 Å². The lowest BCUT2D eigenvalue weighted by atomic mass is 10.1. The average Bonchev–Trinajstić information content (AvgIpc) is 3.10. The fraction of sp³-hybridized carbons (Fsp3) is 0.154. The molecule has 1 N–H and O–H groups in total. The number of hydrogen-bond acceptors (Lipinski definition) is 2. The largest absolute Gasteiger partial charge is 0.345 e. The minimum atomic E-state index is -0.191. The SMILES string of the molecule is Cc1cc2cccc(C(=O)N[C@@H](C)c3ccc(C=O)cc3)c2n1Cc1ccc(Cl)cc1. The monoisotopic (exact) mass is 430 g/mol. The molecule has 0 radical (unpaired) electrons. The van der Waals surface area contributed by atoms with Gasteiger partial charge in [-0.15, -0.1) is 0 Å². The number of benzene rings is 3. The van der Waals surface area contributed by atoms with E-state index in [1.807, 2.05) is 61.5 Å². The van der Waals surface area contributed by atoms with Gasteiger partial charge in [-0.3, -0.25) is 9.59 Å². The molecular weight excluding hydrogens is 408 g/mol. The number of amides is 1. The average molecular weight is 431 g/mol. The minimum Gasteiger partial charge on any atom is -0.345 e. The molecule has 5 heteroatoms. The normalized spacial score (nSPS) is 12.0. The first-order chi connectivity index (χ1) is 15.0. The molecule has 0 bridgehead atoms. The Balaban J connectivity index is 1.65. The lowest BCUT2D eigenvalue weighted by Gasteiger charge is -2.16. The molecule has 3 aromatic carbocycles. The fourth-order valence-electron chi connectivity index (χ4n) is 3.84. The van der Waals surface area contributed by atoms with Crippen LogP contribution in [0.15, 0.2) is 72.8 Å². The van der Waals surface area contributed by atoms with Gasteiger partial charge in [-0.05, 0) is 49.2 Å². The number of aldehydes is 1. The number of halogens is 1. The molecular formula is C26H23ClN2O2. The smallest absolute Gasteiger partial charge is 0.253 e. The number of carbonyl (C=O) groups is 2. The van der Waals surface area contributed by atoms with Gasteiger partial charge in [-0.1, -0.05) is 60.1 Å². The van der Waals surface area contributed by atoms with E-state index in [9.17, 15) is 9.59 Å². The van der Waals surface area contributed by atoms with Gasteiger partial charge in [0.2, 0.25) is 0 Å². The van der Waals surface area contributed by atoms with Crippen LogP contribution in [0.3, 0.4) is 0 Å². The second kappa shape index (κ2) is 8.78. The van der Waals surface area contributed by atoms with E-state index in [1.165, 1.54) is 0 Å². The van der Waals surface area contributed by atoms with E-state index < -0.39 is 0 Å². The molecule has 0 saturated heterocycles. The van der Waals surface area contributed by atoms with Gasteiger partial charge < -0.3 is 9.88 Å². The molecule has 31 heavy (non-hydrogen) atoms. The Kier molecular flexibility index (Phi) is 5.92. The standard InChI is InChI=1S/C26H23ClN2O2/c1-17-14-22-4-3-5-24(25(22)29(17)15-19-8-12-23(27)13-9-19)26(31)28-18(2)21-10-6-20(16-30)7-11-21/h3-14,16,18H,15H2,1-2H3,(H,28,31)/t18-/m0/s1. The van der Waals surface area contributed by atoms with Crippen molar-refractivity contribution in [2.24, 2.45) is 0 Å². The van der Waals surface area contributed by atoms with Crippen molar-refractivity contribution >= 4 is 34.7 Å². The van der Waals surface area contributed by atoms with Crippen LogP contribution in [0.1, 0.15) is 50.5 Å². The molecule has 4 nitrogen and oxygen atoms in total. The number of nitrogens with one attached hydrogen (secondary N) is 1. The first kappa shape index (κ1) is 20.9. The van der Waals surface area contributed by atoms with Crippen LogP contribution in [-0.2, 0) is 6.54 Å². The summed E-state index contributed by atoms with van der Waals surface area (Å²) in [5.74, 6) is -0.131. The van der Waals surface area contributed by atoms with Gasteiger partial charge in [-0.25, -0.2) is 0 Å². The summed E-state index contributed by atoms with van der Waals surface area (Å²) in [6.45, 7) is 4.64. The lowest BCUT2D eigenvalue weighted by Crippen LogP contribution is -2.27. The number of para-hydroxylation sites is 1. The Morgan fingerprint density at radius 3 is 2.45 bits per heavy atom. The second-order valence-corrected chi connectivity index (χ2v) is 8.16. The molecule has 0 aliphatic carbocycles. The minimum absolute atomic E-state index is 0.131. The first-order valence-electron chi connectivity index (χ1n) is 10.2. The van der Waals surface area contributed by atoms with Crippen LogP contribution in [0.25, 0.3) is 10.9 Å². The van der Waals surface area contributed by atoms with Gasteiger partial charge in [0.05, 0.1) is 17.1 Å². The fourth-order valence-corrected chi connectivity index (χ4v) is 3.96. The van der Waals surface area contributed by atoms with E-state index in [2.05, 4.69) is 22.9 Å². The summed E-state index contributed by atoms with van der Waals surface area (Å²) in [5.41, 5.74) is 5.31. The van der Waals surface area contributed by atoms with Gasteiger partial charge in [0.25, 0.3) is 5.91 Å². The van der Waals surface area contributed by atoms with Crippen molar-refractivity contribution in [1.82, 2.24) is 9.88 Å². The molecule has 156 valence electrons. The first-order valence-corrected chi connectivity index (χ1v) is 10.5. The van der Waals surface area contributed by atoms with Crippen LogP contribution in [0.5, 0.6) is 0 Å². The maximum atomic E-state index is 13.2. The number of nitrogens with zero attached hydrogens (tertiary/aromatic N) is 1. The Labute approximate surface area is 186 Å². The second-order valence-electron chi connectivity index (χ2n) is 7.72. The molecule has 0 saturated carbocycles. The van der Waals surface area contributed by atoms with Crippen molar-refractivity contribution in [2.45, 2.75) is 26.4 Å². The highest BCUT2D eigenvalue weighted by atomic mass is 35.5. The molecule has 0 spiro atoms. The zero-order chi connectivity index (χ0) is 22.0. The van der Waals surface area contributed by atoms with Crippen molar-refractivity contribution in [3.63, 3.8) is 0 Å². The van der Waals surface area contributed by atoms with E-state index in [0.717, 1.165) is 34.0 Å². The third kappa shape index (κ3) is 4.39. The number of aryl methyl sites for hydroxylation is 1. The Morgan fingerprint density at radius 1 is 1.06 bits per heavy atom. The lowest BCUT2D eigenvalue weighted by molar-refractivity contribution is 0.0940. The number of hydrogen-bond donors (Lipinski definition) is 1. The van der Waals surface area contributed by atoms with Crippen LogP contribution in [0, 0.1) is 6.92 Å². The summed E-state index contributed by atoms with van der Waals surface area (Å²) in [7, 11) is 0. The molecule has 1 amide bonds. The van der Waals surface area contributed by atoms with Crippen molar-refractivity contribution in [2.75, 3.05) is 0 Å². The highest BCUT2D eigenvalue weighted by molar-refractivity contribution is 6.30. The molecule has 0 unspecified atom stereocenters. The number of aromatic nitrogens is 1. The van der Waals surface area contributed by atoms with Crippen molar-refractivity contribution in [3.8, 4) is 0 Å². The zero-order valence-electron chi connectivity index (χ0n) is 17.4. The molecule has 0 aliphatic heterocycles. The summed E-state index contributed by atoms with van der Waals surface area (Å²) in [4.78, 5) is 24.1. The van der Waals surface area contributed by atoms with Crippen LogP contribution < -0.4 is 5.32 Å². The highest BCUT2D eigenvalue weighted by Gasteiger charge is 2.18. The predicted molar refractivity (Wildman–Crippen MR) is 125 cm³/mol. The van der Waals surface area contributed by atoms with Crippen molar-refractivity contribution in [3.05, 3.63) is 106 Å². The highest BCUT2D eigenvalue weighted by Crippen LogP contribution is 2.26. The molecule has 1 atom stereocenters. The van der Waals surface area contributed by atoms with Gasteiger partial charge >= 0.3 is 0 Å². The quantitative estimate of drug-likeness (QED) is 0.384. The van der Waals surface area contributed by atoms with E-state index in [1.54, 1.807) is 12.1 Å². The number of carbonyl (C=O) groups excluding carboxylic acids is 2. The van der Waals surface area contributed by atoms with E-state index in [0.29, 0.717) is 22.7 Å². The van der Waals surface area contributed by atoms with Gasteiger partial charge in [0, 0.05) is 28.2 Å². The third-order valence-electron chi connectivity index (χ3n) is 5.55. The van der Waals surface area contributed by atoms with Crippen molar-refractivity contribution in [1.29, 1.82) is 0 Å². The maximum absolute atomic E-state index is 13.2. The maximum Gasteiger partial charge on any atom is 0.253 e. The molecule has 1 heterocycles. The van der Waals surface area contributed by atoms with Gasteiger partial charge in [0.15, 0.2) is 0 Å². The Hall–Kier alpha value is -3.37. The van der Waals surface area contributed by atoms with E-state index >= 15 is 0 Å². The molecule has 0 fully saturated rings. The van der Waals surface area contributed by atoms with E-state index in [-0.39, 0.29) is 11.9 Å². The zero-order valence-corrected chi connectivity index (χ0v) is 18.2. The molecule has 4 aromatic rings. The van der Waals surface area contributed by atoms with Crippen LogP contribution in [-0.4, -0.2) is 16.8 Å². The molecule has 4 rings (SSSR count). The molecule has 1 aromatic heterocycles. The topological polar surface area (TPSA) is 51.1 Å². The Morgan fingerprint density at radius 2 is 1.77 bits per heavy atom. The third-order valence-corrected chi connectivity index (χ3v) is 5.80. The van der Waals surface area contributed by atoms with Crippen LogP contribution >= 0.6 is 11.6 Å². The summed E-state index contributed by atoms with van der Waals surface area (Å²) >= 11 is 6.03. The van der Waals surface area contributed by atoms with Gasteiger partial charge in [-0.2, -0.15) is 0 Å². The number of fused-ring (bicyclic) bond motifs is 1. The predicted octanol–water partition coefficient (Wildman–Crippen LogP) is 5.95. The number of rotatable bonds is 6.